The topological polar surface area (TPSA) is 54.7 Å². The van der Waals surface area contributed by atoms with Crippen LogP contribution in [-0.2, 0) is 10.0 Å². The molecule has 2 aromatic rings. The first kappa shape index (κ1) is 12.6. The van der Waals surface area contributed by atoms with E-state index in [2.05, 4.69) is 15.5 Å². The van der Waals surface area contributed by atoms with E-state index in [4.69, 9.17) is 0 Å². The predicted molar refractivity (Wildman–Crippen MR) is 73.6 cm³/mol. The number of hydrogen-bond donors (Lipinski definition) is 0. The quantitative estimate of drug-likeness (QED) is 0.836. The van der Waals surface area contributed by atoms with E-state index in [1.165, 1.54) is 11.9 Å². The van der Waals surface area contributed by atoms with Gasteiger partial charge in [-0.05, 0) is 25.0 Å². The van der Waals surface area contributed by atoms with Crippen LogP contribution >= 0.6 is 0 Å². The standard InChI is InChI=1S/C13H17N3O2S/c1-19(17,18)15-8-5-11(6-9-15)12-3-2-4-13-14-7-10-16(12)13/h2-4,7,10-11H,5-6,8-9H2,1H3. The van der Waals surface area contributed by atoms with Crippen LogP contribution in [0, 0.1) is 0 Å². The van der Waals surface area contributed by atoms with E-state index in [0.29, 0.717) is 19.0 Å². The Kier molecular flexibility index (Phi) is 3.06. The summed E-state index contributed by atoms with van der Waals surface area (Å²) in [5, 5.41) is 0. The molecule has 1 aliphatic rings. The lowest BCUT2D eigenvalue weighted by Crippen LogP contribution is -2.37. The number of nitrogens with zero attached hydrogens (tertiary/aromatic N) is 3. The van der Waals surface area contributed by atoms with Crippen molar-refractivity contribution in [3.63, 3.8) is 0 Å². The minimum absolute atomic E-state index is 0.399. The van der Waals surface area contributed by atoms with Crippen molar-refractivity contribution < 1.29 is 8.42 Å². The first-order valence-corrected chi connectivity index (χ1v) is 8.27. The molecule has 1 fully saturated rings. The summed E-state index contributed by atoms with van der Waals surface area (Å²) in [6.07, 6.45) is 6.77. The van der Waals surface area contributed by atoms with E-state index in [9.17, 15) is 8.42 Å². The molecule has 0 bridgehead atoms. The fourth-order valence-electron chi connectivity index (χ4n) is 2.79. The Morgan fingerprint density at radius 1 is 1.26 bits per heavy atom. The average molecular weight is 279 g/mol. The van der Waals surface area contributed by atoms with Crippen LogP contribution in [0.2, 0.25) is 0 Å². The summed E-state index contributed by atoms with van der Waals surface area (Å²) in [4.78, 5) is 4.29. The highest BCUT2D eigenvalue weighted by atomic mass is 32.2. The van der Waals surface area contributed by atoms with Crippen LogP contribution in [0.15, 0.2) is 30.6 Å². The van der Waals surface area contributed by atoms with E-state index in [1.807, 2.05) is 18.3 Å². The molecule has 0 N–H and O–H groups in total. The highest BCUT2D eigenvalue weighted by Gasteiger charge is 2.26. The second kappa shape index (κ2) is 4.61. The molecule has 0 atom stereocenters. The fourth-order valence-corrected chi connectivity index (χ4v) is 3.66. The van der Waals surface area contributed by atoms with Crippen molar-refractivity contribution in [1.29, 1.82) is 0 Å². The maximum absolute atomic E-state index is 11.5. The molecule has 19 heavy (non-hydrogen) atoms. The first-order chi connectivity index (χ1) is 9.05. The summed E-state index contributed by atoms with van der Waals surface area (Å²) in [6.45, 7) is 1.21. The molecule has 6 heteroatoms. The summed E-state index contributed by atoms with van der Waals surface area (Å²) in [5.41, 5.74) is 2.17. The monoisotopic (exact) mass is 279 g/mol. The molecule has 0 radical (unpaired) electrons. The molecule has 3 rings (SSSR count). The zero-order valence-corrected chi connectivity index (χ0v) is 11.7. The van der Waals surface area contributed by atoms with Gasteiger partial charge in [0.05, 0.1) is 6.26 Å². The van der Waals surface area contributed by atoms with Crippen molar-refractivity contribution >= 4 is 15.7 Å². The predicted octanol–water partition coefficient (Wildman–Crippen LogP) is 1.47. The lowest BCUT2D eigenvalue weighted by Gasteiger charge is -2.30. The van der Waals surface area contributed by atoms with E-state index in [1.54, 1.807) is 10.5 Å². The maximum Gasteiger partial charge on any atom is 0.211 e. The SMILES string of the molecule is CS(=O)(=O)N1CCC(c2cccc3nccn23)CC1. The smallest absolute Gasteiger partial charge is 0.211 e. The van der Waals surface area contributed by atoms with Gasteiger partial charge in [0, 0.05) is 37.1 Å². The molecule has 0 saturated carbocycles. The first-order valence-electron chi connectivity index (χ1n) is 6.43. The molecule has 102 valence electrons. The third-order valence-electron chi connectivity index (χ3n) is 3.80. The molecule has 3 heterocycles. The van der Waals surface area contributed by atoms with Crippen LogP contribution in [-0.4, -0.2) is 41.5 Å². The molecule has 1 saturated heterocycles. The molecule has 0 spiro atoms. The number of sulfonamides is 1. The minimum Gasteiger partial charge on any atom is -0.304 e. The number of hydrogen-bond acceptors (Lipinski definition) is 3. The van der Waals surface area contributed by atoms with E-state index >= 15 is 0 Å². The van der Waals surface area contributed by atoms with Gasteiger partial charge in [0.15, 0.2) is 0 Å². The van der Waals surface area contributed by atoms with E-state index in [0.717, 1.165) is 18.5 Å². The Morgan fingerprint density at radius 3 is 2.68 bits per heavy atom. The van der Waals surface area contributed by atoms with Gasteiger partial charge in [0.25, 0.3) is 0 Å². The van der Waals surface area contributed by atoms with Gasteiger partial charge in [0.2, 0.25) is 10.0 Å². The van der Waals surface area contributed by atoms with Gasteiger partial charge in [-0.3, -0.25) is 0 Å². The zero-order valence-electron chi connectivity index (χ0n) is 10.9. The van der Waals surface area contributed by atoms with Crippen LogP contribution in [0.5, 0.6) is 0 Å². The zero-order chi connectivity index (χ0) is 13.5. The van der Waals surface area contributed by atoms with E-state index < -0.39 is 10.0 Å². The van der Waals surface area contributed by atoms with Crippen molar-refractivity contribution in [2.24, 2.45) is 0 Å². The number of aromatic nitrogens is 2. The summed E-state index contributed by atoms with van der Waals surface area (Å²) in [5.74, 6) is 0.399. The molecule has 0 aromatic carbocycles. The third kappa shape index (κ3) is 2.37. The highest BCUT2D eigenvalue weighted by molar-refractivity contribution is 7.88. The van der Waals surface area contributed by atoms with Crippen LogP contribution in [0.4, 0.5) is 0 Å². The summed E-state index contributed by atoms with van der Waals surface area (Å²) in [7, 11) is -3.05. The van der Waals surface area contributed by atoms with Gasteiger partial charge in [0.1, 0.15) is 5.65 Å². The van der Waals surface area contributed by atoms with Gasteiger partial charge in [-0.1, -0.05) is 6.07 Å². The van der Waals surface area contributed by atoms with Crippen LogP contribution in [0.3, 0.4) is 0 Å². The van der Waals surface area contributed by atoms with Crippen molar-refractivity contribution in [1.82, 2.24) is 13.7 Å². The van der Waals surface area contributed by atoms with Gasteiger partial charge in [-0.2, -0.15) is 0 Å². The summed E-state index contributed by atoms with van der Waals surface area (Å²) >= 11 is 0. The van der Waals surface area contributed by atoms with Crippen molar-refractivity contribution in [3.05, 3.63) is 36.3 Å². The number of rotatable bonds is 2. The Hall–Kier alpha value is -1.40. The molecular formula is C13H17N3O2S. The maximum atomic E-state index is 11.5. The van der Waals surface area contributed by atoms with Crippen LogP contribution in [0.25, 0.3) is 5.65 Å². The number of piperidine rings is 1. The summed E-state index contributed by atoms with van der Waals surface area (Å²) in [6, 6.07) is 6.10. The van der Waals surface area contributed by atoms with Gasteiger partial charge >= 0.3 is 0 Å². The lowest BCUT2D eigenvalue weighted by atomic mass is 9.94. The molecule has 1 aliphatic heterocycles. The number of imidazole rings is 1. The largest absolute Gasteiger partial charge is 0.304 e. The summed E-state index contributed by atoms with van der Waals surface area (Å²) < 4.78 is 26.7. The Balaban J connectivity index is 1.84. The van der Waals surface area contributed by atoms with Crippen LogP contribution < -0.4 is 0 Å². The van der Waals surface area contributed by atoms with Crippen molar-refractivity contribution in [3.8, 4) is 0 Å². The van der Waals surface area contributed by atoms with Crippen molar-refractivity contribution in [2.75, 3.05) is 19.3 Å². The van der Waals surface area contributed by atoms with Crippen molar-refractivity contribution in [2.45, 2.75) is 18.8 Å². The fraction of sp³-hybridized carbons (Fsp3) is 0.462. The molecule has 0 unspecified atom stereocenters. The average Bonchev–Trinajstić information content (AvgIpc) is 2.86. The second-order valence-corrected chi connectivity index (χ2v) is 7.02. The van der Waals surface area contributed by atoms with E-state index in [-0.39, 0.29) is 0 Å². The second-order valence-electron chi connectivity index (χ2n) is 5.04. The Morgan fingerprint density at radius 2 is 2.00 bits per heavy atom. The minimum atomic E-state index is -3.05. The molecule has 5 nitrogen and oxygen atoms in total. The molecule has 0 amide bonds. The lowest BCUT2D eigenvalue weighted by molar-refractivity contribution is 0.317. The number of pyridine rings is 1. The normalized spacial score (nSPS) is 19.0. The van der Waals surface area contributed by atoms with Crippen LogP contribution in [0.1, 0.15) is 24.5 Å². The Labute approximate surface area is 112 Å². The van der Waals surface area contributed by atoms with Gasteiger partial charge in [-0.15, -0.1) is 0 Å². The Bertz CT molecular complexity index is 685. The molecule has 0 aliphatic carbocycles. The molecule has 2 aromatic heterocycles. The van der Waals surface area contributed by atoms with Gasteiger partial charge in [-0.25, -0.2) is 17.7 Å². The highest BCUT2D eigenvalue weighted by Crippen LogP contribution is 2.29. The third-order valence-corrected chi connectivity index (χ3v) is 5.10. The number of fused-ring (bicyclic) bond motifs is 1. The van der Waals surface area contributed by atoms with Gasteiger partial charge < -0.3 is 4.40 Å². The molecular weight excluding hydrogens is 262 g/mol.